The summed E-state index contributed by atoms with van der Waals surface area (Å²) in [7, 11) is 0. The molecule has 24 heavy (non-hydrogen) atoms. The molecular weight excluding hydrogens is 300 g/mol. The van der Waals surface area contributed by atoms with Crippen molar-refractivity contribution in [1.29, 1.82) is 0 Å². The number of para-hydroxylation sites is 2. The third-order valence-corrected chi connectivity index (χ3v) is 4.58. The zero-order chi connectivity index (χ0) is 16.9. The molecule has 1 fully saturated rings. The van der Waals surface area contributed by atoms with Gasteiger partial charge in [-0.1, -0.05) is 37.8 Å². The molecule has 1 aromatic carbocycles. The number of urea groups is 1. The van der Waals surface area contributed by atoms with E-state index in [0.717, 1.165) is 35.6 Å². The third-order valence-electron chi connectivity index (χ3n) is 4.58. The molecule has 2 N–H and O–H groups in total. The molecule has 0 atom stereocenters. The van der Waals surface area contributed by atoms with Crippen LogP contribution in [0.2, 0.25) is 0 Å². The standard InChI is InChI=1S/C19H26N4O/c1-14-13-15(2)23(22-14)18-12-8-7-11-17(18)21-19(24)20-16-9-5-3-4-6-10-16/h7-8,11-13,16H,3-6,9-10H2,1-2H3,(H2,20,21,24). The van der Waals surface area contributed by atoms with Crippen LogP contribution >= 0.6 is 0 Å². The number of benzene rings is 1. The second kappa shape index (κ2) is 7.51. The first-order valence-electron chi connectivity index (χ1n) is 8.83. The van der Waals surface area contributed by atoms with Crippen molar-refractivity contribution in [2.45, 2.75) is 58.4 Å². The predicted octanol–water partition coefficient (Wildman–Crippen LogP) is 4.33. The number of aryl methyl sites for hydroxylation is 2. The van der Waals surface area contributed by atoms with Crippen molar-refractivity contribution in [3.05, 3.63) is 41.7 Å². The monoisotopic (exact) mass is 326 g/mol. The molecule has 1 aliphatic rings. The number of amides is 2. The Bertz CT molecular complexity index is 699. The zero-order valence-electron chi connectivity index (χ0n) is 14.5. The highest BCUT2D eigenvalue weighted by molar-refractivity contribution is 5.91. The van der Waals surface area contributed by atoms with Gasteiger partial charge in [0.2, 0.25) is 0 Å². The summed E-state index contributed by atoms with van der Waals surface area (Å²) >= 11 is 0. The van der Waals surface area contributed by atoms with Crippen molar-refractivity contribution >= 4 is 11.7 Å². The maximum atomic E-state index is 12.4. The predicted molar refractivity (Wildman–Crippen MR) is 96.7 cm³/mol. The molecule has 1 aliphatic carbocycles. The van der Waals surface area contributed by atoms with Crippen LogP contribution in [0.5, 0.6) is 0 Å². The maximum Gasteiger partial charge on any atom is 0.319 e. The summed E-state index contributed by atoms with van der Waals surface area (Å²) in [4.78, 5) is 12.4. The van der Waals surface area contributed by atoms with Gasteiger partial charge in [0.1, 0.15) is 0 Å². The topological polar surface area (TPSA) is 59.0 Å². The van der Waals surface area contributed by atoms with Crippen molar-refractivity contribution in [2.24, 2.45) is 0 Å². The Hall–Kier alpha value is -2.30. The van der Waals surface area contributed by atoms with E-state index in [1.807, 2.05) is 48.9 Å². The van der Waals surface area contributed by atoms with Crippen molar-refractivity contribution in [1.82, 2.24) is 15.1 Å². The number of carbonyl (C=O) groups excluding carboxylic acids is 1. The summed E-state index contributed by atoms with van der Waals surface area (Å²) in [5.41, 5.74) is 3.67. The zero-order valence-corrected chi connectivity index (χ0v) is 14.5. The Labute approximate surface area is 143 Å². The molecule has 0 aliphatic heterocycles. The van der Waals surface area contributed by atoms with Gasteiger partial charge in [-0.2, -0.15) is 5.10 Å². The van der Waals surface area contributed by atoms with Gasteiger partial charge in [-0.3, -0.25) is 0 Å². The molecule has 0 unspecified atom stereocenters. The van der Waals surface area contributed by atoms with Gasteiger partial charge in [0.15, 0.2) is 0 Å². The van der Waals surface area contributed by atoms with Gasteiger partial charge in [-0.05, 0) is 44.9 Å². The first-order valence-corrected chi connectivity index (χ1v) is 8.83. The summed E-state index contributed by atoms with van der Waals surface area (Å²) < 4.78 is 1.87. The largest absolute Gasteiger partial charge is 0.335 e. The average Bonchev–Trinajstić information content (AvgIpc) is 2.75. The Morgan fingerprint density at radius 1 is 1.12 bits per heavy atom. The second-order valence-corrected chi connectivity index (χ2v) is 6.64. The Kier molecular flexibility index (Phi) is 5.18. The van der Waals surface area contributed by atoms with Crippen LogP contribution in [0.25, 0.3) is 5.69 Å². The molecule has 128 valence electrons. The van der Waals surface area contributed by atoms with Gasteiger partial charge >= 0.3 is 6.03 Å². The molecule has 1 saturated carbocycles. The highest BCUT2D eigenvalue weighted by Crippen LogP contribution is 2.22. The Balaban J connectivity index is 1.73. The molecule has 5 heteroatoms. The highest BCUT2D eigenvalue weighted by atomic mass is 16.2. The highest BCUT2D eigenvalue weighted by Gasteiger charge is 2.16. The van der Waals surface area contributed by atoms with Gasteiger partial charge in [0.05, 0.1) is 17.1 Å². The van der Waals surface area contributed by atoms with Crippen LogP contribution in [-0.4, -0.2) is 21.9 Å². The molecule has 3 rings (SSSR count). The molecule has 0 saturated heterocycles. The van der Waals surface area contributed by atoms with Crippen LogP contribution in [0.4, 0.5) is 10.5 Å². The molecule has 2 aromatic rings. The lowest BCUT2D eigenvalue weighted by molar-refractivity contribution is 0.247. The third kappa shape index (κ3) is 3.96. The first kappa shape index (κ1) is 16.6. The van der Waals surface area contributed by atoms with Crippen LogP contribution in [0.3, 0.4) is 0 Å². The van der Waals surface area contributed by atoms with Crippen molar-refractivity contribution in [3.63, 3.8) is 0 Å². The summed E-state index contributed by atoms with van der Waals surface area (Å²) in [6.45, 7) is 3.99. The van der Waals surface area contributed by atoms with Gasteiger partial charge in [0.25, 0.3) is 0 Å². The molecule has 1 heterocycles. The summed E-state index contributed by atoms with van der Waals surface area (Å²) in [6, 6.07) is 9.96. The van der Waals surface area contributed by atoms with Crippen LogP contribution in [0.1, 0.15) is 49.9 Å². The molecule has 0 bridgehead atoms. The fourth-order valence-corrected chi connectivity index (χ4v) is 3.40. The normalized spacial score (nSPS) is 15.8. The SMILES string of the molecule is Cc1cc(C)n(-c2ccccc2NC(=O)NC2CCCCCC2)n1. The van der Waals surface area contributed by atoms with E-state index in [1.165, 1.54) is 25.7 Å². The van der Waals surface area contributed by atoms with E-state index in [2.05, 4.69) is 15.7 Å². The van der Waals surface area contributed by atoms with Gasteiger partial charge in [-0.25, -0.2) is 9.48 Å². The fourth-order valence-electron chi connectivity index (χ4n) is 3.40. The van der Waals surface area contributed by atoms with E-state index in [-0.39, 0.29) is 12.1 Å². The van der Waals surface area contributed by atoms with E-state index in [4.69, 9.17) is 0 Å². The van der Waals surface area contributed by atoms with Crippen LogP contribution < -0.4 is 10.6 Å². The minimum absolute atomic E-state index is 0.129. The number of hydrogen-bond donors (Lipinski definition) is 2. The number of anilines is 1. The molecule has 1 aromatic heterocycles. The number of rotatable bonds is 3. The number of hydrogen-bond acceptors (Lipinski definition) is 2. The average molecular weight is 326 g/mol. The quantitative estimate of drug-likeness (QED) is 0.825. The number of aromatic nitrogens is 2. The second-order valence-electron chi connectivity index (χ2n) is 6.64. The Morgan fingerprint density at radius 3 is 2.50 bits per heavy atom. The minimum Gasteiger partial charge on any atom is -0.335 e. The number of nitrogens with zero attached hydrogens (tertiary/aromatic N) is 2. The van der Waals surface area contributed by atoms with Gasteiger partial charge < -0.3 is 10.6 Å². The number of carbonyl (C=O) groups is 1. The van der Waals surface area contributed by atoms with Crippen LogP contribution in [0, 0.1) is 13.8 Å². The van der Waals surface area contributed by atoms with E-state index < -0.39 is 0 Å². The maximum absolute atomic E-state index is 12.4. The van der Waals surface area contributed by atoms with Crippen molar-refractivity contribution < 1.29 is 4.79 Å². The minimum atomic E-state index is -0.129. The van der Waals surface area contributed by atoms with Crippen molar-refractivity contribution in [3.8, 4) is 5.69 Å². The summed E-state index contributed by atoms with van der Waals surface area (Å²) in [5.74, 6) is 0. The molecule has 0 radical (unpaired) electrons. The smallest absolute Gasteiger partial charge is 0.319 e. The lowest BCUT2D eigenvalue weighted by Crippen LogP contribution is -2.37. The lowest BCUT2D eigenvalue weighted by Gasteiger charge is -2.18. The lowest BCUT2D eigenvalue weighted by atomic mass is 10.1. The Morgan fingerprint density at radius 2 is 1.83 bits per heavy atom. The van der Waals surface area contributed by atoms with E-state index in [0.29, 0.717) is 0 Å². The van der Waals surface area contributed by atoms with Crippen LogP contribution in [-0.2, 0) is 0 Å². The fraction of sp³-hybridized carbons (Fsp3) is 0.474. The molecule has 5 nitrogen and oxygen atoms in total. The molecular formula is C19H26N4O. The van der Waals surface area contributed by atoms with Crippen molar-refractivity contribution in [2.75, 3.05) is 5.32 Å². The van der Waals surface area contributed by atoms with Gasteiger partial charge in [-0.15, -0.1) is 0 Å². The van der Waals surface area contributed by atoms with Crippen LogP contribution in [0.15, 0.2) is 30.3 Å². The molecule has 0 spiro atoms. The van der Waals surface area contributed by atoms with E-state index in [1.54, 1.807) is 0 Å². The first-order chi connectivity index (χ1) is 11.6. The number of nitrogens with one attached hydrogen (secondary N) is 2. The summed E-state index contributed by atoms with van der Waals surface area (Å²) in [5, 5.41) is 10.6. The molecule has 2 amide bonds. The van der Waals surface area contributed by atoms with E-state index >= 15 is 0 Å². The van der Waals surface area contributed by atoms with E-state index in [9.17, 15) is 4.79 Å². The summed E-state index contributed by atoms with van der Waals surface area (Å²) in [6.07, 6.45) is 7.11. The van der Waals surface area contributed by atoms with Gasteiger partial charge in [0, 0.05) is 11.7 Å².